The van der Waals surface area contributed by atoms with Crippen molar-refractivity contribution in [2.24, 2.45) is 0 Å². The van der Waals surface area contributed by atoms with E-state index in [1.54, 1.807) is 6.07 Å². The summed E-state index contributed by atoms with van der Waals surface area (Å²) in [6.07, 6.45) is -3.45. The van der Waals surface area contributed by atoms with E-state index < -0.39 is 22.7 Å². The molecule has 0 aliphatic heterocycles. The summed E-state index contributed by atoms with van der Waals surface area (Å²) in [7, 11) is 0. The molecule has 0 bridgehead atoms. The molecule has 0 atom stereocenters. The number of nitriles is 1. The third-order valence-electron chi connectivity index (χ3n) is 2.50. The van der Waals surface area contributed by atoms with Gasteiger partial charge < -0.3 is 5.32 Å². The van der Waals surface area contributed by atoms with Crippen molar-refractivity contribution in [1.29, 1.82) is 5.26 Å². The minimum Gasteiger partial charge on any atom is -0.324 e. The predicted molar refractivity (Wildman–Crippen MR) is 69.8 cm³/mol. The SMILES string of the molecule is N#Cc1ncn(CC(=O)Nc2ccc(Cl)c(C(F)(F)F)c2)n1. The van der Waals surface area contributed by atoms with Crippen LogP contribution >= 0.6 is 11.6 Å². The van der Waals surface area contributed by atoms with Gasteiger partial charge in [0.05, 0.1) is 10.6 Å². The van der Waals surface area contributed by atoms with Crippen molar-refractivity contribution in [2.45, 2.75) is 12.7 Å². The maximum absolute atomic E-state index is 12.7. The molecule has 6 nitrogen and oxygen atoms in total. The van der Waals surface area contributed by atoms with E-state index in [0.29, 0.717) is 0 Å². The van der Waals surface area contributed by atoms with Crippen LogP contribution < -0.4 is 5.32 Å². The number of aromatic nitrogens is 3. The number of nitrogens with zero attached hydrogens (tertiary/aromatic N) is 4. The second kappa shape index (κ2) is 6.03. The Labute approximate surface area is 127 Å². The Hall–Kier alpha value is -2.60. The Kier molecular flexibility index (Phi) is 4.32. The summed E-state index contributed by atoms with van der Waals surface area (Å²) in [5.74, 6) is -0.733. The van der Waals surface area contributed by atoms with Crippen LogP contribution in [0.1, 0.15) is 11.4 Å². The first-order valence-corrected chi connectivity index (χ1v) is 6.13. The van der Waals surface area contributed by atoms with E-state index in [4.69, 9.17) is 16.9 Å². The average molecular weight is 330 g/mol. The van der Waals surface area contributed by atoms with Gasteiger partial charge >= 0.3 is 6.18 Å². The lowest BCUT2D eigenvalue weighted by Gasteiger charge is -2.11. The van der Waals surface area contributed by atoms with Gasteiger partial charge in [0.15, 0.2) is 0 Å². The lowest BCUT2D eigenvalue weighted by Crippen LogP contribution is -2.19. The molecule has 2 aromatic rings. The molecule has 0 saturated heterocycles. The molecule has 114 valence electrons. The van der Waals surface area contributed by atoms with Gasteiger partial charge in [-0.1, -0.05) is 11.6 Å². The van der Waals surface area contributed by atoms with E-state index in [0.717, 1.165) is 16.8 Å². The first kappa shape index (κ1) is 15.8. The number of alkyl halides is 3. The molecule has 1 aromatic carbocycles. The van der Waals surface area contributed by atoms with Crippen molar-refractivity contribution in [1.82, 2.24) is 14.8 Å². The van der Waals surface area contributed by atoms with Crippen LogP contribution in [0.25, 0.3) is 0 Å². The average Bonchev–Trinajstić information content (AvgIpc) is 2.87. The third-order valence-corrected chi connectivity index (χ3v) is 2.83. The van der Waals surface area contributed by atoms with Gasteiger partial charge in [-0.2, -0.15) is 18.4 Å². The summed E-state index contributed by atoms with van der Waals surface area (Å²) in [5, 5.41) is 14.0. The van der Waals surface area contributed by atoms with Gasteiger partial charge in [-0.05, 0) is 18.2 Å². The fourth-order valence-electron chi connectivity index (χ4n) is 1.59. The van der Waals surface area contributed by atoms with Crippen LogP contribution in [0.15, 0.2) is 24.5 Å². The zero-order valence-corrected chi connectivity index (χ0v) is 11.5. The van der Waals surface area contributed by atoms with Gasteiger partial charge in [-0.25, -0.2) is 9.67 Å². The van der Waals surface area contributed by atoms with Gasteiger partial charge in [-0.3, -0.25) is 4.79 Å². The Morgan fingerprint density at radius 3 is 2.77 bits per heavy atom. The normalized spacial score (nSPS) is 11.0. The molecule has 1 amide bonds. The number of amides is 1. The number of rotatable bonds is 3. The Balaban J connectivity index is 2.10. The van der Waals surface area contributed by atoms with Crippen molar-refractivity contribution in [3.63, 3.8) is 0 Å². The number of anilines is 1. The summed E-state index contributed by atoms with van der Waals surface area (Å²) in [6, 6.07) is 4.72. The summed E-state index contributed by atoms with van der Waals surface area (Å²) < 4.78 is 39.2. The molecule has 1 aromatic heterocycles. The van der Waals surface area contributed by atoms with Crippen LogP contribution in [0.4, 0.5) is 18.9 Å². The maximum atomic E-state index is 12.7. The number of benzene rings is 1. The van der Waals surface area contributed by atoms with Gasteiger partial charge in [0.25, 0.3) is 5.82 Å². The Morgan fingerprint density at radius 2 is 2.18 bits per heavy atom. The van der Waals surface area contributed by atoms with Crippen LogP contribution in [0.2, 0.25) is 5.02 Å². The molecular formula is C12H7ClF3N5O. The van der Waals surface area contributed by atoms with E-state index >= 15 is 0 Å². The highest BCUT2D eigenvalue weighted by molar-refractivity contribution is 6.31. The molecule has 1 heterocycles. The second-order valence-electron chi connectivity index (χ2n) is 4.12. The van der Waals surface area contributed by atoms with Crippen molar-refractivity contribution in [3.05, 3.63) is 40.9 Å². The lowest BCUT2D eigenvalue weighted by molar-refractivity contribution is -0.137. The highest BCUT2D eigenvalue weighted by atomic mass is 35.5. The maximum Gasteiger partial charge on any atom is 0.417 e. The zero-order chi connectivity index (χ0) is 16.3. The summed E-state index contributed by atoms with van der Waals surface area (Å²) >= 11 is 5.48. The summed E-state index contributed by atoms with van der Waals surface area (Å²) in [6.45, 7) is -0.293. The molecule has 0 saturated carbocycles. The monoisotopic (exact) mass is 329 g/mol. The number of carbonyl (C=O) groups is 1. The molecule has 0 fully saturated rings. The number of hydrogen-bond acceptors (Lipinski definition) is 4. The largest absolute Gasteiger partial charge is 0.417 e. The van der Waals surface area contributed by atoms with Gasteiger partial charge in [0, 0.05) is 5.69 Å². The molecule has 2 rings (SSSR count). The van der Waals surface area contributed by atoms with Crippen LogP contribution in [0.3, 0.4) is 0 Å². The Bertz CT molecular complexity index is 750. The lowest BCUT2D eigenvalue weighted by atomic mass is 10.2. The van der Waals surface area contributed by atoms with Crippen LogP contribution in [0, 0.1) is 11.3 Å². The third kappa shape index (κ3) is 3.73. The molecular weight excluding hydrogens is 323 g/mol. The molecule has 0 radical (unpaired) electrons. The minimum absolute atomic E-state index is 0.0534. The van der Waals surface area contributed by atoms with Gasteiger partial charge in [-0.15, -0.1) is 5.10 Å². The number of halogens is 4. The van der Waals surface area contributed by atoms with Crippen LogP contribution in [0.5, 0.6) is 0 Å². The van der Waals surface area contributed by atoms with E-state index in [9.17, 15) is 18.0 Å². The minimum atomic E-state index is -4.62. The topological polar surface area (TPSA) is 83.6 Å². The number of carbonyl (C=O) groups excluding carboxylic acids is 1. The zero-order valence-electron chi connectivity index (χ0n) is 10.7. The van der Waals surface area contributed by atoms with Crippen molar-refractivity contribution in [2.75, 3.05) is 5.32 Å². The molecule has 10 heteroatoms. The van der Waals surface area contributed by atoms with Crippen LogP contribution in [-0.2, 0) is 17.5 Å². The van der Waals surface area contributed by atoms with Gasteiger partial charge in [0.1, 0.15) is 18.9 Å². The van der Waals surface area contributed by atoms with E-state index in [-0.39, 0.29) is 18.1 Å². The smallest absolute Gasteiger partial charge is 0.324 e. The van der Waals surface area contributed by atoms with E-state index in [1.165, 1.54) is 12.4 Å². The first-order valence-electron chi connectivity index (χ1n) is 5.76. The fraction of sp³-hybridized carbons (Fsp3) is 0.167. The molecule has 22 heavy (non-hydrogen) atoms. The number of nitrogens with one attached hydrogen (secondary N) is 1. The van der Waals surface area contributed by atoms with Crippen molar-refractivity contribution >= 4 is 23.2 Å². The van der Waals surface area contributed by atoms with Crippen molar-refractivity contribution < 1.29 is 18.0 Å². The standard InChI is InChI=1S/C12H7ClF3N5O/c13-9-2-1-7(3-8(9)12(14,15)16)19-11(22)5-21-6-18-10(4-17)20-21/h1-3,6H,5H2,(H,19,22). The Morgan fingerprint density at radius 1 is 1.45 bits per heavy atom. The predicted octanol–water partition coefficient (Wildman–Crippen LogP) is 2.46. The highest BCUT2D eigenvalue weighted by Gasteiger charge is 2.33. The molecule has 0 unspecified atom stereocenters. The quantitative estimate of drug-likeness (QED) is 0.937. The first-order chi connectivity index (χ1) is 10.3. The summed E-state index contributed by atoms with van der Waals surface area (Å²) in [5.41, 5.74) is -1.10. The number of hydrogen-bond donors (Lipinski definition) is 1. The molecule has 0 aliphatic carbocycles. The summed E-state index contributed by atoms with van der Waals surface area (Å²) in [4.78, 5) is 15.3. The molecule has 0 aliphatic rings. The van der Waals surface area contributed by atoms with E-state index in [1.807, 2.05) is 0 Å². The van der Waals surface area contributed by atoms with Crippen molar-refractivity contribution in [3.8, 4) is 6.07 Å². The van der Waals surface area contributed by atoms with Crippen LogP contribution in [-0.4, -0.2) is 20.7 Å². The fourth-order valence-corrected chi connectivity index (χ4v) is 1.81. The van der Waals surface area contributed by atoms with E-state index in [2.05, 4.69) is 15.4 Å². The molecule has 0 spiro atoms. The second-order valence-corrected chi connectivity index (χ2v) is 4.53. The highest BCUT2D eigenvalue weighted by Crippen LogP contribution is 2.36. The van der Waals surface area contributed by atoms with Gasteiger partial charge in [0.2, 0.25) is 5.91 Å². The molecule has 1 N–H and O–H groups in total.